The van der Waals surface area contributed by atoms with Crippen LogP contribution in [-0.4, -0.2) is 42.8 Å². The van der Waals surface area contributed by atoms with E-state index in [9.17, 15) is 0 Å². The third kappa shape index (κ3) is 2.10. The van der Waals surface area contributed by atoms with Crippen molar-refractivity contribution in [1.82, 2.24) is 29.7 Å². The van der Waals surface area contributed by atoms with Crippen molar-refractivity contribution in [3.05, 3.63) is 36.7 Å². The largest absolute Gasteiger partial charge is 0.356 e. The molecule has 0 radical (unpaired) electrons. The molecule has 7 nitrogen and oxygen atoms in total. The number of aryl methyl sites for hydroxylation is 1. The lowest BCUT2D eigenvalue weighted by Crippen LogP contribution is -2.21. The van der Waals surface area contributed by atoms with Gasteiger partial charge in [-0.3, -0.25) is 4.98 Å². The summed E-state index contributed by atoms with van der Waals surface area (Å²) in [5.74, 6) is 2.39. The third-order valence-corrected chi connectivity index (χ3v) is 3.94. The van der Waals surface area contributed by atoms with Gasteiger partial charge in [-0.2, -0.15) is 0 Å². The van der Waals surface area contributed by atoms with Crippen LogP contribution in [0.2, 0.25) is 0 Å². The monoisotopic (exact) mass is 281 g/mol. The van der Waals surface area contributed by atoms with Crippen molar-refractivity contribution in [2.24, 2.45) is 7.05 Å². The van der Waals surface area contributed by atoms with E-state index in [0.29, 0.717) is 11.6 Å². The number of fused-ring (bicyclic) bond motifs is 1. The highest BCUT2D eigenvalue weighted by Crippen LogP contribution is 2.28. The number of hydrogen-bond acceptors (Lipinski definition) is 6. The Morgan fingerprint density at radius 1 is 1.19 bits per heavy atom. The van der Waals surface area contributed by atoms with E-state index in [1.807, 2.05) is 23.7 Å². The van der Waals surface area contributed by atoms with Gasteiger partial charge in [0.2, 0.25) is 0 Å². The van der Waals surface area contributed by atoms with Crippen molar-refractivity contribution in [2.75, 3.05) is 18.0 Å². The quantitative estimate of drug-likeness (QED) is 0.701. The van der Waals surface area contributed by atoms with Gasteiger partial charge in [-0.1, -0.05) is 0 Å². The molecule has 0 bridgehead atoms. The Balaban J connectivity index is 1.60. The highest BCUT2D eigenvalue weighted by Gasteiger charge is 2.28. The average Bonchev–Trinajstić information content (AvgIpc) is 3.15. The molecular weight excluding hydrogens is 266 g/mol. The van der Waals surface area contributed by atoms with E-state index in [1.165, 1.54) is 0 Å². The predicted octanol–water partition coefficient (Wildman–Crippen LogP) is 1.15. The molecule has 106 valence electrons. The molecule has 7 heteroatoms. The molecule has 1 aliphatic rings. The van der Waals surface area contributed by atoms with Gasteiger partial charge in [0.05, 0.1) is 0 Å². The summed E-state index contributed by atoms with van der Waals surface area (Å²) in [6, 6.07) is 3.98. The lowest BCUT2D eigenvalue weighted by atomic mass is 10.1. The Labute approximate surface area is 121 Å². The summed E-state index contributed by atoms with van der Waals surface area (Å²) >= 11 is 0. The zero-order valence-electron chi connectivity index (χ0n) is 11.7. The summed E-state index contributed by atoms with van der Waals surface area (Å²) in [6.45, 7) is 1.88. The predicted molar refractivity (Wildman–Crippen MR) is 77.9 cm³/mol. The zero-order valence-corrected chi connectivity index (χ0v) is 11.7. The van der Waals surface area contributed by atoms with Crippen molar-refractivity contribution in [2.45, 2.75) is 12.3 Å². The van der Waals surface area contributed by atoms with Crippen LogP contribution >= 0.6 is 0 Å². The van der Waals surface area contributed by atoms with E-state index >= 15 is 0 Å². The van der Waals surface area contributed by atoms with Crippen LogP contribution in [0.4, 0.5) is 5.82 Å². The number of anilines is 1. The van der Waals surface area contributed by atoms with Crippen molar-refractivity contribution in [3.63, 3.8) is 0 Å². The lowest BCUT2D eigenvalue weighted by molar-refractivity contribution is 0.662. The first kappa shape index (κ1) is 12.2. The zero-order chi connectivity index (χ0) is 14.2. The van der Waals surface area contributed by atoms with Crippen molar-refractivity contribution >= 4 is 17.0 Å². The van der Waals surface area contributed by atoms with Gasteiger partial charge in [0.25, 0.3) is 0 Å². The third-order valence-electron chi connectivity index (χ3n) is 3.94. The highest BCUT2D eigenvalue weighted by atomic mass is 15.3. The number of aromatic nitrogens is 6. The minimum atomic E-state index is 0.400. The molecule has 3 aromatic heterocycles. The topological polar surface area (TPSA) is 72.6 Å². The Hall–Kier alpha value is -2.57. The van der Waals surface area contributed by atoms with E-state index in [1.54, 1.807) is 18.7 Å². The second-order valence-electron chi connectivity index (χ2n) is 5.30. The molecular formula is C14H15N7. The van der Waals surface area contributed by atoms with Crippen LogP contribution in [0.3, 0.4) is 0 Å². The second kappa shape index (κ2) is 4.76. The molecule has 0 aliphatic carbocycles. The first-order chi connectivity index (χ1) is 10.3. The van der Waals surface area contributed by atoms with E-state index in [2.05, 4.69) is 30.0 Å². The minimum Gasteiger partial charge on any atom is -0.356 e. The number of hydrogen-bond donors (Lipinski definition) is 0. The minimum absolute atomic E-state index is 0.400. The number of pyridine rings is 1. The molecule has 0 saturated carbocycles. The number of nitrogens with zero attached hydrogens (tertiary/aromatic N) is 7. The maximum absolute atomic E-state index is 4.60. The smallest absolute Gasteiger partial charge is 0.180 e. The fourth-order valence-electron chi connectivity index (χ4n) is 2.86. The van der Waals surface area contributed by atoms with Gasteiger partial charge in [0.1, 0.15) is 23.5 Å². The fraction of sp³-hybridized carbons (Fsp3) is 0.357. The maximum Gasteiger partial charge on any atom is 0.180 e. The van der Waals surface area contributed by atoms with E-state index in [0.717, 1.165) is 36.7 Å². The first-order valence-electron chi connectivity index (χ1n) is 6.98. The van der Waals surface area contributed by atoms with Crippen molar-refractivity contribution < 1.29 is 0 Å². The summed E-state index contributed by atoms with van der Waals surface area (Å²) in [7, 11) is 1.99. The molecule has 0 spiro atoms. The van der Waals surface area contributed by atoms with Crippen LogP contribution < -0.4 is 4.90 Å². The first-order valence-corrected chi connectivity index (χ1v) is 6.98. The highest BCUT2D eigenvalue weighted by molar-refractivity contribution is 5.71. The molecule has 1 atom stereocenters. The Morgan fingerprint density at radius 3 is 2.95 bits per heavy atom. The Morgan fingerprint density at radius 2 is 2.10 bits per heavy atom. The van der Waals surface area contributed by atoms with Crippen molar-refractivity contribution in [3.8, 4) is 0 Å². The maximum atomic E-state index is 4.60. The molecule has 1 unspecified atom stereocenters. The summed E-state index contributed by atoms with van der Waals surface area (Å²) in [6.07, 6.45) is 6.17. The lowest BCUT2D eigenvalue weighted by Gasteiger charge is -2.17. The number of rotatable bonds is 2. The molecule has 1 saturated heterocycles. The van der Waals surface area contributed by atoms with Gasteiger partial charge in [0, 0.05) is 38.4 Å². The van der Waals surface area contributed by atoms with E-state index in [4.69, 9.17) is 0 Å². The summed E-state index contributed by atoms with van der Waals surface area (Å²) < 4.78 is 1.99. The SMILES string of the molecule is Cn1cnnc1C1CCN(c2ccc3nccnc3n2)C1. The molecule has 1 fully saturated rings. The van der Waals surface area contributed by atoms with Gasteiger partial charge in [-0.25, -0.2) is 9.97 Å². The molecule has 0 aromatic carbocycles. The molecule has 0 amide bonds. The van der Waals surface area contributed by atoms with Crippen LogP contribution in [0.5, 0.6) is 0 Å². The van der Waals surface area contributed by atoms with Crippen LogP contribution in [0.15, 0.2) is 30.9 Å². The van der Waals surface area contributed by atoms with E-state index in [-0.39, 0.29) is 0 Å². The van der Waals surface area contributed by atoms with Gasteiger partial charge in [-0.15, -0.1) is 10.2 Å². The summed E-state index contributed by atoms with van der Waals surface area (Å²) in [4.78, 5) is 15.4. The average molecular weight is 281 g/mol. The normalized spacial score (nSPS) is 18.5. The van der Waals surface area contributed by atoms with Gasteiger partial charge in [-0.05, 0) is 18.6 Å². The van der Waals surface area contributed by atoms with Crippen molar-refractivity contribution in [1.29, 1.82) is 0 Å². The van der Waals surface area contributed by atoms with Gasteiger partial charge >= 0.3 is 0 Å². The van der Waals surface area contributed by atoms with Gasteiger partial charge < -0.3 is 9.47 Å². The summed E-state index contributed by atoms with van der Waals surface area (Å²) in [5, 5.41) is 8.18. The fourth-order valence-corrected chi connectivity index (χ4v) is 2.86. The standard InChI is InChI=1S/C14H15N7/c1-20-9-17-19-14(20)10-4-7-21(8-10)12-3-2-11-13(18-12)16-6-5-15-11/h2-3,5-6,9-10H,4,7-8H2,1H3. The Bertz CT molecular complexity index is 782. The van der Waals surface area contributed by atoms with E-state index < -0.39 is 0 Å². The molecule has 1 aliphatic heterocycles. The molecule has 0 N–H and O–H groups in total. The second-order valence-corrected chi connectivity index (χ2v) is 5.30. The van der Waals surface area contributed by atoms with Crippen LogP contribution in [0.1, 0.15) is 18.2 Å². The van der Waals surface area contributed by atoms with Crippen LogP contribution in [0, 0.1) is 0 Å². The Kier molecular flexibility index (Phi) is 2.77. The van der Waals surface area contributed by atoms with Crippen LogP contribution in [-0.2, 0) is 7.05 Å². The summed E-state index contributed by atoms with van der Waals surface area (Å²) in [5.41, 5.74) is 1.52. The molecule has 21 heavy (non-hydrogen) atoms. The molecule has 3 aromatic rings. The van der Waals surface area contributed by atoms with Crippen LogP contribution in [0.25, 0.3) is 11.2 Å². The molecule has 4 rings (SSSR count). The molecule has 4 heterocycles. The van der Waals surface area contributed by atoms with Gasteiger partial charge in [0.15, 0.2) is 5.65 Å².